The average molecular weight is 450 g/mol. The molecule has 34 heavy (non-hydrogen) atoms. The van der Waals surface area contributed by atoms with Gasteiger partial charge in [0.05, 0.1) is 23.3 Å². The number of allylic oxidation sites excluding steroid dienone is 2. The molecule has 0 amide bonds. The lowest BCUT2D eigenvalue weighted by molar-refractivity contribution is 0.659. The largest absolute Gasteiger partial charge is 0.324 e. The minimum Gasteiger partial charge on any atom is -0.324 e. The van der Waals surface area contributed by atoms with Crippen LogP contribution in [0.25, 0.3) is 16.7 Å². The van der Waals surface area contributed by atoms with Gasteiger partial charge in [0.2, 0.25) is 0 Å². The van der Waals surface area contributed by atoms with Gasteiger partial charge in [-0.25, -0.2) is 9.97 Å². The van der Waals surface area contributed by atoms with Crippen molar-refractivity contribution >= 4 is 28.2 Å². The molecule has 2 aliphatic carbocycles. The van der Waals surface area contributed by atoms with Gasteiger partial charge in [0.15, 0.2) is 17.0 Å². The third-order valence-electron chi connectivity index (χ3n) is 7.56. The quantitative estimate of drug-likeness (QED) is 0.456. The molecule has 7 rings (SSSR count). The first-order valence-electron chi connectivity index (χ1n) is 12.2. The summed E-state index contributed by atoms with van der Waals surface area (Å²) >= 11 is 0. The van der Waals surface area contributed by atoms with Crippen LogP contribution in [0, 0.1) is 5.92 Å². The number of fused-ring (bicyclic) bond motifs is 5. The third kappa shape index (κ3) is 3.22. The summed E-state index contributed by atoms with van der Waals surface area (Å²) in [7, 11) is 0. The Kier molecular flexibility index (Phi) is 4.52. The number of H-pyrrole nitrogens is 1. The van der Waals surface area contributed by atoms with E-state index in [4.69, 9.17) is 15.7 Å². The normalized spacial score (nSPS) is 25.3. The molecule has 1 saturated carbocycles. The number of hydrogen-bond acceptors (Lipinski definition) is 6. The molecular weight excluding hydrogens is 422 g/mol. The van der Waals surface area contributed by atoms with Gasteiger partial charge >= 0.3 is 0 Å². The summed E-state index contributed by atoms with van der Waals surface area (Å²) in [6.07, 6.45) is 11.2. The van der Waals surface area contributed by atoms with Crippen LogP contribution in [0.5, 0.6) is 0 Å². The first-order valence-corrected chi connectivity index (χ1v) is 12.2. The van der Waals surface area contributed by atoms with Crippen LogP contribution in [0.15, 0.2) is 54.9 Å². The van der Waals surface area contributed by atoms with Crippen LogP contribution in [-0.4, -0.2) is 31.7 Å². The highest BCUT2D eigenvalue weighted by Gasteiger charge is 2.39. The first-order chi connectivity index (χ1) is 16.8. The lowest BCUT2D eigenvalue weighted by atomic mass is 9.94. The molecule has 3 aliphatic rings. The van der Waals surface area contributed by atoms with E-state index in [1.54, 1.807) is 0 Å². The number of nitrogens with zero attached hydrogens (tertiary/aromatic N) is 5. The number of nitrogens with two attached hydrogens (primary N) is 1. The summed E-state index contributed by atoms with van der Waals surface area (Å²) in [5, 5.41) is 7.77. The highest BCUT2D eigenvalue weighted by Crippen LogP contribution is 2.52. The maximum absolute atomic E-state index is 6.63. The average Bonchev–Trinajstić information content (AvgIpc) is 3.52. The molecular formula is C27H27N7. The molecule has 3 aromatic heterocycles. The monoisotopic (exact) mass is 449 g/mol. The Hall–Kier alpha value is -3.58. The Labute approximate surface area is 198 Å². The Balaban J connectivity index is 1.23. The molecule has 7 nitrogen and oxygen atoms in total. The van der Waals surface area contributed by atoms with Gasteiger partial charge in [0.1, 0.15) is 0 Å². The van der Waals surface area contributed by atoms with Crippen molar-refractivity contribution < 1.29 is 0 Å². The molecule has 1 aromatic carbocycles. The smallest absolute Gasteiger partial charge is 0.183 e. The zero-order chi connectivity index (χ0) is 22.6. The van der Waals surface area contributed by atoms with Gasteiger partial charge in [0, 0.05) is 18.8 Å². The van der Waals surface area contributed by atoms with Crippen LogP contribution in [0.3, 0.4) is 0 Å². The van der Waals surface area contributed by atoms with Crippen molar-refractivity contribution in [2.75, 3.05) is 11.4 Å². The molecule has 0 radical (unpaired) electrons. The second-order valence-electron chi connectivity index (χ2n) is 9.70. The Morgan fingerprint density at radius 3 is 2.88 bits per heavy atom. The van der Waals surface area contributed by atoms with Crippen molar-refractivity contribution in [3.63, 3.8) is 0 Å². The van der Waals surface area contributed by atoms with E-state index < -0.39 is 0 Å². The fourth-order valence-electron chi connectivity index (χ4n) is 5.71. The molecule has 4 heterocycles. The van der Waals surface area contributed by atoms with Gasteiger partial charge < -0.3 is 10.6 Å². The summed E-state index contributed by atoms with van der Waals surface area (Å²) in [6.45, 7) is 0.898. The molecule has 170 valence electrons. The number of pyridine rings is 1. The fourth-order valence-corrected chi connectivity index (χ4v) is 5.71. The van der Waals surface area contributed by atoms with E-state index in [1.807, 2.05) is 18.5 Å². The van der Waals surface area contributed by atoms with Gasteiger partial charge in [-0.1, -0.05) is 30.3 Å². The molecule has 3 N–H and O–H groups in total. The number of aromatic nitrogens is 5. The van der Waals surface area contributed by atoms with Crippen LogP contribution in [-0.2, 0) is 6.42 Å². The van der Waals surface area contributed by atoms with Crippen molar-refractivity contribution in [2.24, 2.45) is 11.7 Å². The molecule has 7 heteroatoms. The Morgan fingerprint density at radius 1 is 1.03 bits per heavy atom. The van der Waals surface area contributed by atoms with Gasteiger partial charge in [-0.15, -0.1) is 0 Å². The first kappa shape index (κ1) is 19.9. The zero-order valence-electron chi connectivity index (χ0n) is 19.0. The number of hydrogen-bond donors (Lipinski definition) is 2. The highest BCUT2D eigenvalue weighted by molar-refractivity contribution is 5.87. The van der Waals surface area contributed by atoms with Crippen LogP contribution in [0.1, 0.15) is 60.2 Å². The number of benzene rings is 1. The molecule has 0 bridgehead atoms. The zero-order valence-corrected chi connectivity index (χ0v) is 19.0. The van der Waals surface area contributed by atoms with E-state index in [0.29, 0.717) is 11.8 Å². The van der Waals surface area contributed by atoms with Gasteiger partial charge in [0.25, 0.3) is 0 Å². The van der Waals surface area contributed by atoms with Gasteiger partial charge in [-0.05, 0) is 72.8 Å². The summed E-state index contributed by atoms with van der Waals surface area (Å²) < 4.78 is 0. The Bertz CT molecular complexity index is 1420. The fraction of sp³-hybridized carbons (Fsp3) is 0.333. The predicted octanol–water partition coefficient (Wildman–Crippen LogP) is 4.81. The summed E-state index contributed by atoms with van der Waals surface area (Å²) in [6, 6.07) is 12.8. The van der Waals surface area contributed by atoms with Gasteiger partial charge in [-0.2, -0.15) is 5.10 Å². The molecule has 1 fully saturated rings. The lowest BCUT2D eigenvalue weighted by Gasteiger charge is -2.28. The van der Waals surface area contributed by atoms with Crippen molar-refractivity contribution in [3.8, 4) is 0 Å². The highest BCUT2D eigenvalue weighted by atomic mass is 15.3. The molecule has 1 aliphatic heterocycles. The van der Waals surface area contributed by atoms with E-state index in [0.717, 1.165) is 66.3 Å². The standard InChI is InChI=1S/C27H27N7/c28-21-10-9-16(13-17-14-20(17)18-5-1-2-6-19(18)21)23-15-30-25-26(31-23)32-33-27(25)34-12-4-7-22-24(34)8-3-11-29-22/h1-3,5-6,8,11,13,15,17,20-21H,4,7,9-10,12,14,28H2,(H,31,32,33)/b16-13+/t17?,20?,21-/m1/s1. The summed E-state index contributed by atoms with van der Waals surface area (Å²) in [5.74, 6) is 1.94. The van der Waals surface area contributed by atoms with E-state index in [-0.39, 0.29) is 6.04 Å². The van der Waals surface area contributed by atoms with Crippen LogP contribution < -0.4 is 10.6 Å². The van der Waals surface area contributed by atoms with E-state index >= 15 is 0 Å². The predicted molar refractivity (Wildman–Crippen MR) is 133 cm³/mol. The van der Waals surface area contributed by atoms with E-state index in [9.17, 15) is 0 Å². The van der Waals surface area contributed by atoms with Crippen LogP contribution in [0.2, 0.25) is 0 Å². The third-order valence-corrected chi connectivity index (χ3v) is 7.56. The number of nitrogens with one attached hydrogen (secondary N) is 1. The maximum Gasteiger partial charge on any atom is 0.183 e. The number of rotatable bonds is 2. The van der Waals surface area contributed by atoms with E-state index in [2.05, 4.69) is 56.5 Å². The second kappa shape index (κ2) is 7.74. The van der Waals surface area contributed by atoms with E-state index in [1.165, 1.54) is 23.1 Å². The minimum atomic E-state index is 0.0437. The maximum atomic E-state index is 6.63. The number of aryl methyl sites for hydroxylation is 1. The van der Waals surface area contributed by atoms with Crippen molar-refractivity contribution in [3.05, 3.63) is 77.4 Å². The summed E-state index contributed by atoms with van der Waals surface area (Å²) in [5.41, 5.74) is 15.3. The number of aromatic amines is 1. The SMILES string of the molecule is N[C@@H]1CC/C(c2cnc3c(N4CCCc5ncccc54)n[nH]c3n2)=C\C2CC2c2ccccc21. The number of anilines is 2. The van der Waals surface area contributed by atoms with Crippen LogP contribution in [0.4, 0.5) is 11.5 Å². The van der Waals surface area contributed by atoms with Crippen molar-refractivity contribution in [1.29, 1.82) is 0 Å². The van der Waals surface area contributed by atoms with Crippen molar-refractivity contribution in [1.82, 2.24) is 25.1 Å². The molecule has 2 unspecified atom stereocenters. The molecule has 0 saturated heterocycles. The Morgan fingerprint density at radius 2 is 1.94 bits per heavy atom. The van der Waals surface area contributed by atoms with Gasteiger partial charge in [-0.3, -0.25) is 10.1 Å². The molecule has 0 spiro atoms. The van der Waals surface area contributed by atoms with Crippen molar-refractivity contribution in [2.45, 2.75) is 44.1 Å². The molecule has 3 atom stereocenters. The summed E-state index contributed by atoms with van der Waals surface area (Å²) in [4.78, 5) is 16.6. The minimum absolute atomic E-state index is 0.0437. The topological polar surface area (TPSA) is 96.6 Å². The van der Waals surface area contributed by atoms with Crippen LogP contribution >= 0.6 is 0 Å². The molecule has 4 aromatic rings. The second-order valence-corrected chi connectivity index (χ2v) is 9.70. The lowest BCUT2D eigenvalue weighted by Crippen LogP contribution is -2.25.